The highest BCUT2D eigenvalue weighted by Gasteiger charge is 2.26. The fourth-order valence-electron chi connectivity index (χ4n) is 2.97. The van der Waals surface area contributed by atoms with Gasteiger partial charge in [-0.3, -0.25) is 0 Å². The third-order valence-corrected chi connectivity index (χ3v) is 3.87. The summed E-state index contributed by atoms with van der Waals surface area (Å²) in [6, 6.07) is 1.71. The molecule has 4 atom stereocenters. The van der Waals surface area contributed by atoms with Crippen molar-refractivity contribution < 1.29 is 9.47 Å². The Kier molecular flexibility index (Phi) is 5.22. The zero-order chi connectivity index (χ0) is 12.1. The number of nitrogens with one attached hydrogen (secondary N) is 2. The molecule has 1 aliphatic carbocycles. The predicted octanol–water partition coefficient (Wildman–Crippen LogP) is 0.911. The minimum absolute atomic E-state index is 0.468. The molecule has 0 amide bonds. The Morgan fingerprint density at radius 1 is 1.47 bits per heavy atom. The molecule has 0 radical (unpaired) electrons. The molecule has 1 heterocycles. The standard InChI is InChI=1S/C13H26N2O2/c1-10(7-12-9-17-6-5-14-12)15-11-3-4-13(8-11)16-2/h10-15H,3-9H2,1-2H3. The van der Waals surface area contributed by atoms with E-state index in [1.54, 1.807) is 0 Å². The topological polar surface area (TPSA) is 42.5 Å². The second-order valence-corrected chi connectivity index (χ2v) is 5.40. The lowest BCUT2D eigenvalue weighted by molar-refractivity contribution is 0.0704. The van der Waals surface area contributed by atoms with Crippen LogP contribution in [0, 0.1) is 0 Å². The highest BCUT2D eigenvalue weighted by atomic mass is 16.5. The van der Waals surface area contributed by atoms with Gasteiger partial charge in [0.05, 0.1) is 19.3 Å². The Bertz CT molecular complexity index is 219. The van der Waals surface area contributed by atoms with Crippen molar-refractivity contribution in [2.75, 3.05) is 26.9 Å². The Morgan fingerprint density at radius 2 is 2.35 bits per heavy atom. The second-order valence-electron chi connectivity index (χ2n) is 5.40. The zero-order valence-electron chi connectivity index (χ0n) is 11.1. The number of ether oxygens (including phenoxy) is 2. The van der Waals surface area contributed by atoms with Gasteiger partial charge in [0.15, 0.2) is 0 Å². The van der Waals surface area contributed by atoms with Crippen LogP contribution in [-0.2, 0) is 9.47 Å². The van der Waals surface area contributed by atoms with Crippen LogP contribution in [0.15, 0.2) is 0 Å². The van der Waals surface area contributed by atoms with E-state index >= 15 is 0 Å². The van der Waals surface area contributed by atoms with Crippen molar-refractivity contribution in [2.45, 2.75) is 56.8 Å². The van der Waals surface area contributed by atoms with E-state index in [1.807, 2.05) is 7.11 Å². The minimum atomic E-state index is 0.468. The van der Waals surface area contributed by atoms with E-state index in [9.17, 15) is 0 Å². The summed E-state index contributed by atoms with van der Waals surface area (Å²) in [6.45, 7) is 4.98. The molecular weight excluding hydrogens is 216 g/mol. The molecule has 2 rings (SSSR count). The van der Waals surface area contributed by atoms with Crippen molar-refractivity contribution in [1.82, 2.24) is 10.6 Å². The monoisotopic (exact) mass is 242 g/mol. The van der Waals surface area contributed by atoms with Crippen LogP contribution < -0.4 is 10.6 Å². The molecule has 1 aliphatic heterocycles. The van der Waals surface area contributed by atoms with Gasteiger partial charge in [-0.15, -0.1) is 0 Å². The van der Waals surface area contributed by atoms with Gasteiger partial charge in [-0.1, -0.05) is 0 Å². The van der Waals surface area contributed by atoms with Crippen molar-refractivity contribution in [3.05, 3.63) is 0 Å². The van der Waals surface area contributed by atoms with Crippen molar-refractivity contribution in [1.29, 1.82) is 0 Å². The third kappa shape index (κ3) is 4.21. The first-order valence-corrected chi connectivity index (χ1v) is 6.88. The maximum absolute atomic E-state index is 5.48. The van der Waals surface area contributed by atoms with Gasteiger partial charge in [-0.25, -0.2) is 0 Å². The summed E-state index contributed by atoms with van der Waals surface area (Å²) in [7, 11) is 1.82. The second kappa shape index (κ2) is 6.69. The normalized spacial score (nSPS) is 36.0. The van der Waals surface area contributed by atoms with Crippen LogP contribution in [0.3, 0.4) is 0 Å². The van der Waals surface area contributed by atoms with Gasteiger partial charge in [0.1, 0.15) is 0 Å². The van der Waals surface area contributed by atoms with Crippen LogP contribution in [0.1, 0.15) is 32.6 Å². The van der Waals surface area contributed by atoms with E-state index in [2.05, 4.69) is 17.6 Å². The largest absolute Gasteiger partial charge is 0.381 e. The first kappa shape index (κ1) is 13.3. The summed E-state index contributed by atoms with van der Waals surface area (Å²) in [5.41, 5.74) is 0. The molecule has 0 aromatic rings. The number of hydrogen-bond donors (Lipinski definition) is 2. The van der Waals surface area contributed by atoms with Crippen LogP contribution in [0.25, 0.3) is 0 Å². The average Bonchev–Trinajstić information content (AvgIpc) is 2.78. The lowest BCUT2D eigenvalue weighted by atomic mass is 10.1. The molecule has 0 aromatic heterocycles. The Hall–Kier alpha value is -0.160. The fraction of sp³-hybridized carbons (Fsp3) is 1.00. The highest BCUT2D eigenvalue weighted by Crippen LogP contribution is 2.22. The summed E-state index contributed by atoms with van der Waals surface area (Å²) < 4.78 is 10.9. The van der Waals surface area contributed by atoms with Gasteiger partial charge < -0.3 is 20.1 Å². The molecule has 0 spiro atoms. The Labute approximate surface area is 104 Å². The van der Waals surface area contributed by atoms with Crippen LogP contribution >= 0.6 is 0 Å². The van der Waals surface area contributed by atoms with Crippen molar-refractivity contribution in [2.24, 2.45) is 0 Å². The van der Waals surface area contributed by atoms with Gasteiger partial charge in [0, 0.05) is 31.8 Å². The molecular formula is C13H26N2O2. The van der Waals surface area contributed by atoms with E-state index in [-0.39, 0.29) is 0 Å². The lowest BCUT2D eigenvalue weighted by Crippen LogP contribution is -2.46. The smallest absolute Gasteiger partial charge is 0.0620 e. The SMILES string of the molecule is COC1CCC(NC(C)CC2COCCN2)C1. The van der Waals surface area contributed by atoms with Crippen LogP contribution in [0.5, 0.6) is 0 Å². The summed E-state index contributed by atoms with van der Waals surface area (Å²) in [4.78, 5) is 0. The van der Waals surface area contributed by atoms with Crippen molar-refractivity contribution >= 4 is 0 Å². The Morgan fingerprint density at radius 3 is 3.00 bits per heavy atom. The molecule has 4 nitrogen and oxygen atoms in total. The van der Waals surface area contributed by atoms with E-state index < -0.39 is 0 Å². The molecule has 0 aromatic carbocycles. The summed E-state index contributed by atoms with van der Waals surface area (Å²) in [5.74, 6) is 0. The van der Waals surface area contributed by atoms with Crippen LogP contribution in [0.2, 0.25) is 0 Å². The van der Waals surface area contributed by atoms with Crippen LogP contribution in [0.4, 0.5) is 0 Å². The van der Waals surface area contributed by atoms with E-state index in [0.29, 0.717) is 24.2 Å². The summed E-state index contributed by atoms with van der Waals surface area (Å²) >= 11 is 0. The quantitative estimate of drug-likeness (QED) is 0.752. The van der Waals surface area contributed by atoms with E-state index in [4.69, 9.17) is 9.47 Å². The number of hydrogen-bond acceptors (Lipinski definition) is 4. The minimum Gasteiger partial charge on any atom is -0.381 e. The fourth-order valence-corrected chi connectivity index (χ4v) is 2.97. The molecule has 0 bridgehead atoms. The maximum atomic E-state index is 5.48. The Balaban J connectivity index is 1.64. The molecule has 4 unspecified atom stereocenters. The molecule has 1 saturated heterocycles. The molecule has 2 aliphatic rings. The van der Waals surface area contributed by atoms with E-state index in [1.165, 1.54) is 12.8 Å². The van der Waals surface area contributed by atoms with Gasteiger partial charge in [0.25, 0.3) is 0 Å². The molecule has 100 valence electrons. The predicted molar refractivity (Wildman–Crippen MR) is 68.3 cm³/mol. The molecule has 1 saturated carbocycles. The molecule has 2 fully saturated rings. The first-order chi connectivity index (χ1) is 8.28. The lowest BCUT2D eigenvalue weighted by Gasteiger charge is -2.28. The molecule has 4 heteroatoms. The van der Waals surface area contributed by atoms with Gasteiger partial charge in [-0.05, 0) is 32.6 Å². The number of methoxy groups -OCH3 is 1. The zero-order valence-corrected chi connectivity index (χ0v) is 11.1. The molecule has 17 heavy (non-hydrogen) atoms. The third-order valence-electron chi connectivity index (χ3n) is 3.87. The van der Waals surface area contributed by atoms with Gasteiger partial charge in [-0.2, -0.15) is 0 Å². The maximum Gasteiger partial charge on any atom is 0.0620 e. The summed E-state index contributed by atoms with van der Waals surface area (Å²) in [6.07, 6.45) is 5.23. The van der Waals surface area contributed by atoms with Crippen molar-refractivity contribution in [3.8, 4) is 0 Å². The van der Waals surface area contributed by atoms with Gasteiger partial charge >= 0.3 is 0 Å². The van der Waals surface area contributed by atoms with Gasteiger partial charge in [0.2, 0.25) is 0 Å². The summed E-state index contributed by atoms with van der Waals surface area (Å²) in [5, 5.41) is 7.22. The van der Waals surface area contributed by atoms with E-state index in [0.717, 1.165) is 32.6 Å². The number of morpholine rings is 1. The van der Waals surface area contributed by atoms with Crippen molar-refractivity contribution in [3.63, 3.8) is 0 Å². The van der Waals surface area contributed by atoms with Crippen LogP contribution in [-0.4, -0.2) is 51.1 Å². The average molecular weight is 242 g/mol. The molecule has 2 N–H and O–H groups in total. The highest BCUT2D eigenvalue weighted by molar-refractivity contribution is 4.84. The number of rotatable bonds is 5. The first-order valence-electron chi connectivity index (χ1n) is 6.88.